The lowest BCUT2D eigenvalue weighted by Gasteiger charge is -2.39. The molecule has 1 aromatic carbocycles. The van der Waals surface area contributed by atoms with Crippen LogP contribution in [0.4, 0.5) is 0 Å². The first-order valence-corrected chi connectivity index (χ1v) is 24.1. The van der Waals surface area contributed by atoms with Crippen molar-refractivity contribution in [3.63, 3.8) is 0 Å². The SMILES string of the molecule is CCCCCCCCCCCCCC[C@@H](OCCCC)[C@@H](OCCCC)[C@H](CO[C@@H](OC1COC(c2ccccc2)O[C@@H]1COCCCC)[C@H](C)OCCCC)N=[N+]=[N-]. The molecule has 0 saturated carbocycles. The average molecular weight is 834 g/mol. The fourth-order valence-electron chi connectivity index (χ4n) is 7.22. The van der Waals surface area contributed by atoms with Crippen molar-refractivity contribution < 1.29 is 37.9 Å². The standard InChI is InChI=1S/C48H87N3O8/c1-7-12-17-18-19-20-21-22-23-24-25-29-32-43(54-35-15-10-4)46(55-36-16-11-5)42(50-51-49)37-56-47(40(6)53-34-14-9-3)58-45-39-57-48(41-30-27-26-28-31-41)59-44(45)38-52-33-13-8-2/h26-28,30-31,40,42-48H,7-25,29,32-39H2,1-6H3/t40-,42-,43+,44+,45?,46-,47-,48?/m0/s1. The van der Waals surface area contributed by atoms with Gasteiger partial charge in [-0.15, -0.1) is 0 Å². The van der Waals surface area contributed by atoms with Crippen molar-refractivity contribution in [3.8, 4) is 0 Å². The molecule has 2 unspecified atom stereocenters. The Balaban J connectivity index is 2.20. The number of rotatable bonds is 40. The van der Waals surface area contributed by atoms with Gasteiger partial charge >= 0.3 is 0 Å². The smallest absolute Gasteiger partial charge is 0.184 e. The first kappa shape index (κ1) is 53.3. The minimum atomic E-state index is -0.793. The van der Waals surface area contributed by atoms with Crippen LogP contribution in [-0.4, -0.2) is 89.1 Å². The summed E-state index contributed by atoms with van der Waals surface area (Å²) in [5, 5.41) is 4.32. The number of nitrogens with zero attached hydrogens (tertiary/aromatic N) is 3. The molecule has 0 aromatic heterocycles. The topological polar surface area (TPSA) is 123 Å². The molecule has 1 heterocycles. The third-order valence-corrected chi connectivity index (χ3v) is 11.0. The molecule has 8 atom stereocenters. The molecule has 0 N–H and O–H groups in total. The Morgan fingerprint density at radius 1 is 0.678 bits per heavy atom. The van der Waals surface area contributed by atoms with Gasteiger partial charge in [0.2, 0.25) is 0 Å². The van der Waals surface area contributed by atoms with Crippen molar-refractivity contribution in [3.05, 3.63) is 46.3 Å². The van der Waals surface area contributed by atoms with Crippen molar-refractivity contribution in [2.75, 3.05) is 46.2 Å². The number of ether oxygens (including phenoxy) is 8. The highest BCUT2D eigenvalue weighted by Crippen LogP contribution is 2.30. The summed E-state index contributed by atoms with van der Waals surface area (Å²) in [6.45, 7) is 16.0. The Morgan fingerprint density at radius 2 is 1.24 bits per heavy atom. The van der Waals surface area contributed by atoms with E-state index in [1.165, 1.54) is 64.2 Å². The minimum absolute atomic E-state index is 0.0812. The normalized spacial score (nSPS) is 19.5. The highest BCUT2D eigenvalue weighted by Gasteiger charge is 2.38. The van der Waals surface area contributed by atoms with Gasteiger partial charge in [-0.2, -0.15) is 0 Å². The Bertz CT molecular complexity index is 1130. The molecule has 342 valence electrons. The maximum Gasteiger partial charge on any atom is 0.184 e. The van der Waals surface area contributed by atoms with Crippen molar-refractivity contribution in [1.29, 1.82) is 0 Å². The Labute approximate surface area is 360 Å². The minimum Gasteiger partial charge on any atom is -0.379 e. The van der Waals surface area contributed by atoms with E-state index in [-0.39, 0.29) is 19.3 Å². The van der Waals surface area contributed by atoms with Gasteiger partial charge in [-0.25, -0.2) is 0 Å². The van der Waals surface area contributed by atoms with E-state index in [9.17, 15) is 5.53 Å². The van der Waals surface area contributed by atoms with Crippen LogP contribution in [0.15, 0.2) is 35.4 Å². The fraction of sp³-hybridized carbons (Fsp3) is 0.875. The van der Waals surface area contributed by atoms with Crippen LogP contribution in [0.1, 0.15) is 188 Å². The van der Waals surface area contributed by atoms with Crippen LogP contribution in [0, 0.1) is 0 Å². The van der Waals surface area contributed by atoms with Crippen LogP contribution >= 0.6 is 0 Å². The summed E-state index contributed by atoms with van der Waals surface area (Å²) in [5.74, 6) is 0. The molecule has 2 rings (SSSR count). The molecule has 1 aromatic rings. The zero-order valence-electron chi connectivity index (χ0n) is 38.4. The highest BCUT2D eigenvalue weighted by molar-refractivity contribution is 5.16. The molecule has 0 bridgehead atoms. The maximum absolute atomic E-state index is 9.90. The third kappa shape index (κ3) is 24.4. The van der Waals surface area contributed by atoms with E-state index in [1.54, 1.807) is 0 Å². The maximum atomic E-state index is 9.90. The summed E-state index contributed by atoms with van der Waals surface area (Å²) in [5.41, 5.74) is 10.8. The van der Waals surface area contributed by atoms with Crippen molar-refractivity contribution in [2.45, 2.75) is 226 Å². The van der Waals surface area contributed by atoms with E-state index in [0.717, 1.165) is 76.2 Å². The number of unbranched alkanes of at least 4 members (excludes halogenated alkanes) is 15. The average Bonchev–Trinajstić information content (AvgIpc) is 3.25. The first-order chi connectivity index (χ1) is 29.0. The largest absolute Gasteiger partial charge is 0.379 e. The second-order valence-corrected chi connectivity index (χ2v) is 16.4. The molecule has 11 heteroatoms. The lowest BCUT2D eigenvalue weighted by Crippen LogP contribution is -2.50. The van der Waals surface area contributed by atoms with Gasteiger partial charge in [-0.3, -0.25) is 0 Å². The Morgan fingerprint density at radius 3 is 1.85 bits per heavy atom. The highest BCUT2D eigenvalue weighted by atomic mass is 16.8. The molecular formula is C48H87N3O8. The summed E-state index contributed by atoms with van der Waals surface area (Å²) in [6.07, 6.45) is 20.9. The molecule has 11 nitrogen and oxygen atoms in total. The van der Waals surface area contributed by atoms with Gasteiger partial charge in [-0.1, -0.05) is 173 Å². The fourth-order valence-corrected chi connectivity index (χ4v) is 7.22. The van der Waals surface area contributed by atoms with E-state index in [2.05, 4.69) is 44.6 Å². The molecule has 0 aliphatic carbocycles. The van der Waals surface area contributed by atoms with E-state index in [4.69, 9.17) is 37.9 Å². The number of hydrogen-bond donors (Lipinski definition) is 0. The molecule has 59 heavy (non-hydrogen) atoms. The van der Waals surface area contributed by atoms with Crippen LogP contribution in [0.5, 0.6) is 0 Å². The summed E-state index contributed by atoms with van der Waals surface area (Å²) in [4.78, 5) is 3.31. The van der Waals surface area contributed by atoms with Gasteiger partial charge in [0.1, 0.15) is 18.3 Å². The predicted molar refractivity (Wildman–Crippen MR) is 239 cm³/mol. The van der Waals surface area contributed by atoms with Crippen molar-refractivity contribution in [1.82, 2.24) is 0 Å². The van der Waals surface area contributed by atoms with Crippen LogP contribution in [0.25, 0.3) is 10.4 Å². The van der Waals surface area contributed by atoms with Crippen molar-refractivity contribution in [2.24, 2.45) is 5.11 Å². The third-order valence-electron chi connectivity index (χ3n) is 11.0. The monoisotopic (exact) mass is 834 g/mol. The van der Waals surface area contributed by atoms with Gasteiger partial charge in [-0.05, 0) is 44.6 Å². The summed E-state index contributed by atoms with van der Waals surface area (Å²) in [6, 6.07) is 9.31. The molecule has 0 spiro atoms. The van der Waals surface area contributed by atoms with E-state index < -0.39 is 43.0 Å². The lowest BCUT2D eigenvalue weighted by molar-refractivity contribution is -0.314. The second-order valence-electron chi connectivity index (χ2n) is 16.4. The summed E-state index contributed by atoms with van der Waals surface area (Å²) >= 11 is 0. The number of azide groups is 1. The van der Waals surface area contributed by atoms with Gasteiger partial charge in [0, 0.05) is 36.9 Å². The quantitative estimate of drug-likeness (QED) is 0.0211. The number of hydrogen-bond acceptors (Lipinski definition) is 9. The number of benzene rings is 1. The van der Waals surface area contributed by atoms with E-state index >= 15 is 0 Å². The molecule has 1 aliphatic rings. The van der Waals surface area contributed by atoms with Crippen molar-refractivity contribution >= 4 is 0 Å². The van der Waals surface area contributed by atoms with Crippen LogP contribution in [-0.2, 0) is 37.9 Å². The van der Waals surface area contributed by atoms with Crippen LogP contribution < -0.4 is 0 Å². The predicted octanol–water partition coefficient (Wildman–Crippen LogP) is 13.0. The van der Waals surface area contributed by atoms with Gasteiger partial charge in [0.15, 0.2) is 12.6 Å². The second kappa shape index (κ2) is 36.8. The zero-order valence-corrected chi connectivity index (χ0v) is 38.4. The zero-order chi connectivity index (χ0) is 42.6. The van der Waals surface area contributed by atoms with E-state index in [1.807, 2.05) is 37.3 Å². The molecule has 1 aliphatic heterocycles. The Kier molecular flexibility index (Phi) is 33.3. The van der Waals surface area contributed by atoms with Gasteiger partial charge in [0.05, 0.1) is 38.1 Å². The van der Waals surface area contributed by atoms with Gasteiger partial charge in [0.25, 0.3) is 0 Å². The summed E-state index contributed by atoms with van der Waals surface area (Å²) in [7, 11) is 0. The molecule has 1 fully saturated rings. The molecule has 0 radical (unpaired) electrons. The van der Waals surface area contributed by atoms with Gasteiger partial charge < -0.3 is 37.9 Å². The molecule has 0 amide bonds. The van der Waals surface area contributed by atoms with E-state index in [0.29, 0.717) is 33.0 Å². The molecule has 1 saturated heterocycles. The Hall–Kier alpha value is -1.79. The molecular weight excluding hydrogens is 747 g/mol. The van der Waals surface area contributed by atoms with Crippen LogP contribution in [0.2, 0.25) is 0 Å². The lowest BCUT2D eigenvalue weighted by atomic mass is 9.99. The van der Waals surface area contributed by atoms with Crippen LogP contribution in [0.3, 0.4) is 0 Å². The summed E-state index contributed by atoms with van der Waals surface area (Å²) < 4.78 is 51.7. The first-order valence-electron chi connectivity index (χ1n) is 24.1.